The predicted molar refractivity (Wildman–Crippen MR) is 114 cm³/mol. The van der Waals surface area contributed by atoms with Crippen LogP contribution >= 0.6 is 22.9 Å². The number of morpholine rings is 1. The summed E-state index contributed by atoms with van der Waals surface area (Å²) in [4.78, 5) is 14.3. The number of rotatable bonds is 5. The highest BCUT2D eigenvalue weighted by Crippen LogP contribution is 2.37. The van der Waals surface area contributed by atoms with Gasteiger partial charge in [-0.25, -0.2) is 9.97 Å². The van der Waals surface area contributed by atoms with Crippen molar-refractivity contribution in [3.05, 3.63) is 39.5 Å². The maximum Gasteiger partial charge on any atom is 0.146 e. The van der Waals surface area contributed by atoms with Gasteiger partial charge < -0.3 is 14.8 Å². The number of fused-ring (bicyclic) bond motifs is 1. The summed E-state index contributed by atoms with van der Waals surface area (Å²) in [6.45, 7) is 8.24. The second kappa shape index (κ2) is 8.21. The Bertz CT molecular complexity index is 1000. The molecule has 0 radical (unpaired) electrons. The number of ether oxygens (including phenoxy) is 2. The molecule has 3 aromatic rings. The maximum atomic E-state index is 6.21. The van der Waals surface area contributed by atoms with Gasteiger partial charge in [-0.15, -0.1) is 11.3 Å². The van der Waals surface area contributed by atoms with Gasteiger partial charge in [0.25, 0.3) is 0 Å². The molecule has 2 aromatic heterocycles. The molecule has 0 unspecified atom stereocenters. The second-order valence-electron chi connectivity index (χ2n) is 6.81. The Kier molecular flexibility index (Phi) is 5.68. The van der Waals surface area contributed by atoms with Crippen molar-refractivity contribution >= 4 is 44.7 Å². The second-order valence-corrected chi connectivity index (χ2v) is 8.45. The quantitative estimate of drug-likeness (QED) is 0.656. The highest BCUT2D eigenvalue weighted by atomic mass is 35.5. The Hall–Kier alpha value is -1.93. The standard InChI is InChI=1S/C20H23ClN4O2S/c1-12-13(2)28-20-18(12)19(22-15-10-14(21)4-5-16(15)26-3)23-17(24-20)11-25-6-8-27-9-7-25/h4-5,10H,6-9,11H2,1-3H3,(H,22,23,24). The molecule has 1 aromatic carbocycles. The number of nitrogens with zero attached hydrogens (tertiary/aromatic N) is 3. The van der Waals surface area contributed by atoms with E-state index in [1.165, 1.54) is 10.4 Å². The lowest BCUT2D eigenvalue weighted by Crippen LogP contribution is -2.36. The fraction of sp³-hybridized carbons (Fsp3) is 0.400. The van der Waals surface area contributed by atoms with Crippen LogP contribution in [0.3, 0.4) is 0 Å². The molecule has 1 N–H and O–H groups in total. The van der Waals surface area contributed by atoms with Gasteiger partial charge in [0, 0.05) is 23.0 Å². The number of anilines is 2. The fourth-order valence-corrected chi connectivity index (χ4v) is 4.54. The number of hydrogen-bond acceptors (Lipinski definition) is 7. The Labute approximate surface area is 173 Å². The van der Waals surface area contributed by atoms with E-state index in [1.807, 2.05) is 18.2 Å². The van der Waals surface area contributed by atoms with E-state index in [9.17, 15) is 0 Å². The van der Waals surface area contributed by atoms with Crippen molar-refractivity contribution in [2.45, 2.75) is 20.4 Å². The van der Waals surface area contributed by atoms with Gasteiger partial charge in [-0.2, -0.15) is 0 Å². The van der Waals surface area contributed by atoms with Gasteiger partial charge >= 0.3 is 0 Å². The molecule has 1 aliphatic rings. The van der Waals surface area contributed by atoms with Gasteiger partial charge in [0.1, 0.15) is 22.2 Å². The van der Waals surface area contributed by atoms with E-state index in [0.29, 0.717) is 11.6 Å². The average molecular weight is 419 g/mol. The van der Waals surface area contributed by atoms with Gasteiger partial charge in [-0.1, -0.05) is 11.6 Å². The van der Waals surface area contributed by atoms with E-state index in [-0.39, 0.29) is 0 Å². The SMILES string of the molecule is COc1ccc(Cl)cc1Nc1nc(CN2CCOCC2)nc2sc(C)c(C)c12. The molecule has 1 fully saturated rings. The summed E-state index contributed by atoms with van der Waals surface area (Å²) >= 11 is 7.91. The summed E-state index contributed by atoms with van der Waals surface area (Å²) in [5.41, 5.74) is 1.98. The number of benzene rings is 1. The zero-order chi connectivity index (χ0) is 19.7. The number of halogens is 1. The Balaban J connectivity index is 1.75. The molecule has 1 aliphatic heterocycles. The highest BCUT2D eigenvalue weighted by Gasteiger charge is 2.18. The summed E-state index contributed by atoms with van der Waals surface area (Å²) in [7, 11) is 1.65. The molecule has 8 heteroatoms. The van der Waals surface area contributed by atoms with Crippen molar-refractivity contribution < 1.29 is 9.47 Å². The molecule has 0 aliphatic carbocycles. The molecular weight excluding hydrogens is 396 g/mol. The minimum Gasteiger partial charge on any atom is -0.495 e. The van der Waals surface area contributed by atoms with E-state index in [1.54, 1.807) is 18.4 Å². The van der Waals surface area contributed by atoms with Crippen molar-refractivity contribution in [3.63, 3.8) is 0 Å². The summed E-state index contributed by atoms with van der Waals surface area (Å²) in [6, 6.07) is 5.51. The van der Waals surface area contributed by atoms with Crippen molar-refractivity contribution in [2.75, 3.05) is 38.7 Å². The van der Waals surface area contributed by atoms with Crippen molar-refractivity contribution in [2.24, 2.45) is 0 Å². The first-order valence-corrected chi connectivity index (χ1v) is 10.4. The molecule has 0 bridgehead atoms. The lowest BCUT2D eigenvalue weighted by molar-refractivity contribution is 0.0331. The third-order valence-electron chi connectivity index (χ3n) is 4.96. The maximum absolute atomic E-state index is 6.21. The first kappa shape index (κ1) is 19.4. The zero-order valence-electron chi connectivity index (χ0n) is 16.2. The third kappa shape index (κ3) is 3.93. The topological polar surface area (TPSA) is 59.5 Å². The third-order valence-corrected chi connectivity index (χ3v) is 6.29. The van der Waals surface area contributed by atoms with Crippen LogP contribution in [0.4, 0.5) is 11.5 Å². The molecule has 0 atom stereocenters. The molecule has 3 heterocycles. The number of methoxy groups -OCH3 is 1. The molecule has 148 valence electrons. The fourth-order valence-electron chi connectivity index (χ4n) is 3.32. The summed E-state index contributed by atoms with van der Waals surface area (Å²) in [6.07, 6.45) is 0. The zero-order valence-corrected chi connectivity index (χ0v) is 17.8. The van der Waals surface area contributed by atoms with Crippen LogP contribution in [0.2, 0.25) is 5.02 Å². The molecule has 0 saturated carbocycles. The number of aromatic nitrogens is 2. The van der Waals surface area contributed by atoms with Gasteiger partial charge in [-0.05, 0) is 37.6 Å². The molecule has 0 amide bonds. The molecule has 1 saturated heterocycles. The van der Waals surface area contributed by atoms with Crippen LogP contribution in [0.25, 0.3) is 10.2 Å². The Morgan fingerprint density at radius 3 is 2.79 bits per heavy atom. The van der Waals surface area contributed by atoms with Crippen molar-refractivity contribution in [1.82, 2.24) is 14.9 Å². The lowest BCUT2D eigenvalue weighted by atomic mass is 10.2. The molecule has 4 rings (SSSR count). The van der Waals surface area contributed by atoms with E-state index in [2.05, 4.69) is 24.1 Å². The number of thiophene rings is 1. The van der Waals surface area contributed by atoms with Crippen LogP contribution in [0.1, 0.15) is 16.3 Å². The molecule has 0 spiro atoms. The predicted octanol–water partition coefficient (Wildman–Crippen LogP) is 4.55. The van der Waals surface area contributed by atoms with E-state index in [4.69, 9.17) is 31.0 Å². The van der Waals surface area contributed by atoms with Gasteiger partial charge in [0.15, 0.2) is 0 Å². The molecule has 6 nitrogen and oxygen atoms in total. The molecule has 28 heavy (non-hydrogen) atoms. The van der Waals surface area contributed by atoms with E-state index < -0.39 is 0 Å². The summed E-state index contributed by atoms with van der Waals surface area (Å²) in [5, 5.41) is 5.13. The van der Waals surface area contributed by atoms with Gasteiger partial charge in [-0.3, -0.25) is 4.90 Å². The average Bonchev–Trinajstić information content (AvgIpc) is 2.97. The Morgan fingerprint density at radius 2 is 2.04 bits per heavy atom. The first-order valence-electron chi connectivity index (χ1n) is 9.22. The van der Waals surface area contributed by atoms with Crippen molar-refractivity contribution in [1.29, 1.82) is 0 Å². The van der Waals surface area contributed by atoms with E-state index >= 15 is 0 Å². The largest absolute Gasteiger partial charge is 0.495 e. The van der Waals surface area contributed by atoms with Crippen LogP contribution in [-0.2, 0) is 11.3 Å². The molecular formula is C20H23ClN4O2S. The van der Waals surface area contributed by atoms with Crippen LogP contribution in [0, 0.1) is 13.8 Å². The monoisotopic (exact) mass is 418 g/mol. The Morgan fingerprint density at radius 1 is 1.25 bits per heavy atom. The van der Waals surface area contributed by atoms with Crippen LogP contribution in [0.5, 0.6) is 5.75 Å². The number of aryl methyl sites for hydroxylation is 2. The van der Waals surface area contributed by atoms with Gasteiger partial charge in [0.2, 0.25) is 0 Å². The summed E-state index contributed by atoms with van der Waals surface area (Å²) < 4.78 is 10.9. The minimum atomic E-state index is 0.639. The number of nitrogens with one attached hydrogen (secondary N) is 1. The summed E-state index contributed by atoms with van der Waals surface area (Å²) in [5.74, 6) is 2.31. The number of hydrogen-bond donors (Lipinski definition) is 1. The van der Waals surface area contributed by atoms with Crippen LogP contribution in [0.15, 0.2) is 18.2 Å². The lowest BCUT2D eigenvalue weighted by Gasteiger charge is -2.25. The highest BCUT2D eigenvalue weighted by molar-refractivity contribution is 7.18. The van der Waals surface area contributed by atoms with Gasteiger partial charge in [0.05, 0.1) is 37.9 Å². The van der Waals surface area contributed by atoms with E-state index in [0.717, 1.165) is 59.6 Å². The van der Waals surface area contributed by atoms with Crippen LogP contribution < -0.4 is 10.1 Å². The van der Waals surface area contributed by atoms with Crippen molar-refractivity contribution in [3.8, 4) is 5.75 Å². The smallest absolute Gasteiger partial charge is 0.146 e. The normalized spacial score (nSPS) is 15.1. The minimum absolute atomic E-state index is 0.639. The first-order chi connectivity index (χ1) is 13.5. The van der Waals surface area contributed by atoms with Crippen LogP contribution in [-0.4, -0.2) is 48.3 Å².